The fourth-order valence-corrected chi connectivity index (χ4v) is 2.37. The molecule has 0 saturated heterocycles. The number of aryl methyl sites for hydroxylation is 2. The zero-order valence-corrected chi connectivity index (χ0v) is 12.7. The van der Waals surface area contributed by atoms with Crippen LogP contribution in [0, 0.1) is 13.8 Å². The highest BCUT2D eigenvalue weighted by Crippen LogP contribution is 2.29. The summed E-state index contributed by atoms with van der Waals surface area (Å²) in [6.45, 7) is 9.12. The number of benzene rings is 2. The van der Waals surface area contributed by atoms with Gasteiger partial charge < -0.3 is 10.5 Å². The highest BCUT2D eigenvalue weighted by Gasteiger charge is 2.07. The number of nitrogens with two attached hydrogens (primary N) is 1. The van der Waals surface area contributed by atoms with Crippen molar-refractivity contribution in [1.82, 2.24) is 0 Å². The van der Waals surface area contributed by atoms with Gasteiger partial charge in [-0.1, -0.05) is 32.0 Å². The van der Waals surface area contributed by atoms with Crippen LogP contribution in [0.5, 0.6) is 11.5 Å². The van der Waals surface area contributed by atoms with E-state index < -0.39 is 0 Å². The lowest BCUT2D eigenvalue weighted by atomic mass is 9.98. The molecule has 0 aliphatic rings. The maximum atomic E-state index is 6.01. The molecule has 2 aromatic rings. The predicted molar refractivity (Wildman–Crippen MR) is 84.4 cm³/mol. The van der Waals surface area contributed by atoms with Gasteiger partial charge in [0.1, 0.15) is 11.5 Å². The van der Waals surface area contributed by atoms with Gasteiger partial charge in [0.15, 0.2) is 0 Å². The van der Waals surface area contributed by atoms with E-state index in [0.29, 0.717) is 12.5 Å². The van der Waals surface area contributed by atoms with Crippen molar-refractivity contribution in [3.05, 3.63) is 58.7 Å². The van der Waals surface area contributed by atoms with Crippen molar-refractivity contribution >= 4 is 0 Å². The van der Waals surface area contributed by atoms with Crippen LogP contribution in [-0.4, -0.2) is 0 Å². The summed E-state index contributed by atoms with van der Waals surface area (Å²) in [6.07, 6.45) is 0. The molecule has 2 rings (SSSR count). The van der Waals surface area contributed by atoms with Gasteiger partial charge in [0.05, 0.1) is 0 Å². The van der Waals surface area contributed by atoms with Gasteiger partial charge in [-0.3, -0.25) is 0 Å². The van der Waals surface area contributed by atoms with Crippen LogP contribution in [0.25, 0.3) is 0 Å². The van der Waals surface area contributed by atoms with Gasteiger partial charge in [-0.25, -0.2) is 0 Å². The first-order valence-corrected chi connectivity index (χ1v) is 7.09. The summed E-state index contributed by atoms with van der Waals surface area (Å²) in [4.78, 5) is 0. The summed E-state index contributed by atoms with van der Waals surface area (Å²) in [5.74, 6) is 2.29. The Morgan fingerprint density at radius 2 is 1.75 bits per heavy atom. The van der Waals surface area contributed by atoms with Crippen molar-refractivity contribution in [2.45, 2.75) is 40.2 Å². The van der Waals surface area contributed by atoms with Crippen molar-refractivity contribution in [2.75, 3.05) is 0 Å². The summed E-state index contributed by atoms with van der Waals surface area (Å²) >= 11 is 0. The summed E-state index contributed by atoms with van der Waals surface area (Å²) in [6, 6.07) is 12.4. The van der Waals surface area contributed by atoms with E-state index in [1.54, 1.807) is 0 Å². The van der Waals surface area contributed by atoms with Crippen LogP contribution >= 0.6 is 0 Å². The monoisotopic (exact) mass is 269 g/mol. The molecule has 106 valence electrons. The van der Waals surface area contributed by atoms with Gasteiger partial charge in [0.2, 0.25) is 0 Å². The van der Waals surface area contributed by atoms with E-state index in [1.807, 2.05) is 31.2 Å². The molecule has 0 unspecified atom stereocenters. The fourth-order valence-electron chi connectivity index (χ4n) is 2.37. The highest BCUT2D eigenvalue weighted by atomic mass is 16.5. The molecule has 20 heavy (non-hydrogen) atoms. The van der Waals surface area contributed by atoms with E-state index in [2.05, 4.69) is 32.9 Å². The van der Waals surface area contributed by atoms with Crippen molar-refractivity contribution < 1.29 is 4.74 Å². The van der Waals surface area contributed by atoms with E-state index in [9.17, 15) is 0 Å². The lowest BCUT2D eigenvalue weighted by molar-refractivity contribution is 0.477. The van der Waals surface area contributed by atoms with Crippen LogP contribution in [0.4, 0.5) is 0 Å². The maximum Gasteiger partial charge on any atom is 0.130 e. The van der Waals surface area contributed by atoms with Crippen molar-refractivity contribution in [3.63, 3.8) is 0 Å². The minimum atomic E-state index is 0.530. The van der Waals surface area contributed by atoms with Gasteiger partial charge in [0, 0.05) is 6.54 Å². The molecule has 2 nitrogen and oxygen atoms in total. The third-order valence-corrected chi connectivity index (χ3v) is 3.58. The van der Waals surface area contributed by atoms with Gasteiger partial charge in [-0.05, 0) is 60.2 Å². The molecule has 0 fully saturated rings. The minimum Gasteiger partial charge on any atom is -0.457 e. The largest absolute Gasteiger partial charge is 0.457 e. The van der Waals surface area contributed by atoms with E-state index >= 15 is 0 Å². The van der Waals surface area contributed by atoms with Crippen molar-refractivity contribution in [3.8, 4) is 11.5 Å². The molecular weight excluding hydrogens is 246 g/mol. The Kier molecular flexibility index (Phi) is 4.46. The molecule has 0 spiro atoms. The van der Waals surface area contributed by atoms with Crippen LogP contribution in [0.1, 0.15) is 42.0 Å². The Morgan fingerprint density at radius 1 is 1.00 bits per heavy atom. The summed E-state index contributed by atoms with van der Waals surface area (Å²) in [7, 11) is 0. The molecule has 0 heterocycles. The predicted octanol–water partition coefficient (Wildman–Crippen LogP) is 4.68. The second-order valence-electron chi connectivity index (χ2n) is 5.58. The smallest absolute Gasteiger partial charge is 0.130 e. The van der Waals surface area contributed by atoms with Gasteiger partial charge in [0.25, 0.3) is 0 Å². The number of hydrogen-bond donors (Lipinski definition) is 1. The zero-order chi connectivity index (χ0) is 14.7. The molecule has 0 bridgehead atoms. The molecule has 2 aromatic carbocycles. The molecule has 0 aliphatic carbocycles. The Labute approximate surface area is 121 Å². The van der Waals surface area contributed by atoms with Gasteiger partial charge in [-0.2, -0.15) is 0 Å². The molecule has 2 N–H and O–H groups in total. The van der Waals surface area contributed by atoms with Crippen molar-refractivity contribution in [1.29, 1.82) is 0 Å². The third kappa shape index (κ3) is 3.20. The molecule has 2 heteroatoms. The molecule has 0 aromatic heterocycles. The quantitative estimate of drug-likeness (QED) is 0.874. The van der Waals surface area contributed by atoms with Crippen LogP contribution in [0.15, 0.2) is 36.4 Å². The first-order chi connectivity index (χ1) is 9.51. The van der Waals surface area contributed by atoms with E-state index in [1.165, 1.54) is 11.1 Å². The summed E-state index contributed by atoms with van der Waals surface area (Å²) in [5, 5.41) is 0. The van der Waals surface area contributed by atoms with Crippen LogP contribution in [0.2, 0.25) is 0 Å². The number of hydrogen-bond acceptors (Lipinski definition) is 2. The summed E-state index contributed by atoms with van der Waals surface area (Å²) in [5.41, 5.74) is 10.5. The lowest BCUT2D eigenvalue weighted by Gasteiger charge is -2.14. The fraction of sp³-hybridized carbons (Fsp3) is 0.333. The first-order valence-electron chi connectivity index (χ1n) is 7.09. The van der Waals surface area contributed by atoms with Crippen molar-refractivity contribution in [2.24, 2.45) is 5.73 Å². The van der Waals surface area contributed by atoms with E-state index in [0.717, 1.165) is 22.6 Å². The average molecular weight is 269 g/mol. The van der Waals surface area contributed by atoms with Crippen LogP contribution in [0.3, 0.4) is 0 Å². The molecule has 0 saturated carbocycles. The van der Waals surface area contributed by atoms with Gasteiger partial charge >= 0.3 is 0 Å². The molecule has 0 radical (unpaired) electrons. The standard InChI is InChI=1S/C18H23NO/c1-12(2)17-8-7-16(9-14(17)4)20-18-10-15(11-19)6-5-13(18)3/h5-10,12H,11,19H2,1-4H3. The topological polar surface area (TPSA) is 35.2 Å². The van der Waals surface area contributed by atoms with E-state index in [4.69, 9.17) is 10.5 Å². The Balaban J connectivity index is 2.28. The van der Waals surface area contributed by atoms with Crippen LogP contribution < -0.4 is 10.5 Å². The average Bonchev–Trinajstić information content (AvgIpc) is 2.41. The zero-order valence-electron chi connectivity index (χ0n) is 12.7. The SMILES string of the molecule is Cc1ccc(CN)cc1Oc1ccc(C(C)C)c(C)c1. The number of ether oxygens (including phenoxy) is 1. The third-order valence-electron chi connectivity index (χ3n) is 3.58. The Morgan fingerprint density at radius 3 is 2.35 bits per heavy atom. The minimum absolute atomic E-state index is 0.530. The molecule has 0 aliphatic heterocycles. The second kappa shape index (κ2) is 6.10. The molecule has 0 amide bonds. The van der Waals surface area contributed by atoms with E-state index in [-0.39, 0.29) is 0 Å². The first kappa shape index (κ1) is 14.6. The summed E-state index contributed by atoms with van der Waals surface area (Å²) < 4.78 is 6.01. The van der Waals surface area contributed by atoms with Crippen LogP contribution in [-0.2, 0) is 6.54 Å². The maximum absolute atomic E-state index is 6.01. The Hall–Kier alpha value is -1.80. The molecular formula is C18H23NO. The molecule has 0 atom stereocenters. The lowest BCUT2D eigenvalue weighted by Crippen LogP contribution is -1.98. The Bertz CT molecular complexity index is 602. The second-order valence-corrected chi connectivity index (χ2v) is 5.58. The number of rotatable bonds is 4. The normalized spacial score (nSPS) is 10.9. The van der Waals surface area contributed by atoms with Gasteiger partial charge in [-0.15, -0.1) is 0 Å². The highest BCUT2D eigenvalue weighted by molar-refractivity contribution is 5.42.